The molecule has 0 amide bonds. The zero-order valence-corrected chi connectivity index (χ0v) is 11.3. The smallest absolute Gasteiger partial charge is 0.245 e. The molecule has 106 valence electrons. The van der Waals surface area contributed by atoms with Crippen LogP contribution in [-0.2, 0) is 0 Å². The van der Waals surface area contributed by atoms with Crippen LogP contribution in [0.4, 0.5) is 5.69 Å². The van der Waals surface area contributed by atoms with Crippen molar-refractivity contribution in [3.05, 3.63) is 24.4 Å². The van der Waals surface area contributed by atoms with Gasteiger partial charge >= 0.3 is 0 Å². The first kappa shape index (κ1) is 12.9. The highest BCUT2D eigenvalue weighted by Crippen LogP contribution is 2.34. The normalized spacial score (nSPS) is 14.1. The summed E-state index contributed by atoms with van der Waals surface area (Å²) in [6.07, 6.45) is 0.866. The van der Waals surface area contributed by atoms with Gasteiger partial charge in [0.05, 0.1) is 11.7 Å². The Balaban J connectivity index is 1.46. The summed E-state index contributed by atoms with van der Waals surface area (Å²) in [6.45, 7) is 0.761. The minimum atomic E-state index is -0.651. The maximum Gasteiger partial charge on any atom is 0.245 e. The highest BCUT2D eigenvalue weighted by Gasteiger charge is 2.13. The van der Waals surface area contributed by atoms with E-state index in [2.05, 4.69) is 14.1 Å². The molecule has 1 atom stereocenters. The van der Waals surface area contributed by atoms with E-state index in [0.717, 1.165) is 23.2 Å². The van der Waals surface area contributed by atoms with Gasteiger partial charge in [-0.1, -0.05) is 0 Å². The Bertz CT molecular complexity index is 564. The molecule has 1 aromatic carbocycles. The van der Waals surface area contributed by atoms with Crippen LogP contribution in [0.25, 0.3) is 0 Å². The zero-order chi connectivity index (χ0) is 13.8. The summed E-state index contributed by atoms with van der Waals surface area (Å²) in [5.41, 5.74) is 0.851. The predicted octanol–water partition coefficient (Wildman–Crippen LogP) is 1.12. The van der Waals surface area contributed by atoms with Crippen molar-refractivity contribution in [1.29, 1.82) is 0 Å². The molecule has 0 radical (unpaired) electrons. The average molecular weight is 295 g/mol. The van der Waals surface area contributed by atoms with E-state index < -0.39 is 6.10 Å². The molecule has 0 spiro atoms. The number of nitrogens with zero attached hydrogens (tertiary/aromatic N) is 2. The molecule has 3 rings (SSSR count). The average Bonchev–Trinajstić information content (AvgIpc) is 3.13. The molecule has 0 fully saturated rings. The highest BCUT2D eigenvalue weighted by atomic mass is 32.1. The zero-order valence-electron chi connectivity index (χ0n) is 10.5. The lowest BCUT2D eigenvalue weighted by Gasteiger charge is -2.13. The van der Waals surface area contributed by atoms with Crippen molar-refractivity contribution >= 4 is 17.4 Å². The van der Waals surface area contributed by atoms with Crippen molar-refractivity contribution < 1.29 is 19.3 Å². The lowest BCUT2D eigenvalue weighted by Crippen LogP contribution is -2.26. The number of hydrogen-bond acceptors (Lipinski definition) is 8. The summed E-state index contributed by atoms with van der Waals surface area (Å²) in [4.78, 5) is 0. The van der Waals surface area contributed by atoms with Crippen LogP contribution in [0.1, 0.15) is 0 Å². The molecule has 0 saturated carbocycles. The molecule has 1 aliphatic heterocycles. The van der Waals surface area contributed by atoms with Crippen molar-refractivity contribution in [1.82, 2.24) is 8.75 Å². The summed E-state index contributed by atoms with van der Waals surface area (Å²) in [5.74, 6) is 1.86. The molecule has 0 saturated heterocycles. The number of nitrogens with one attached hydrogen (secondary N) is 1. The molecule has 2 aromatic rings. The van der Waals surface area contributed by atoms with Gasteiger partial charge in [-0.15, -0.1) is 4.37 Å². The van der Waals surface area contributed by atoms with Crippen molar-refractivity contribution in [2.75, 3.05) is 25.3 Å². The van der Waals surface area contributed by atoms with Gasteiger partial charge < -0.3 is 24.6 Å². The van der Waals surface area contributed by atoms with Crippen LogP contribution in [-0.4, -0.2) is 39.9 Å². The lowest BCUT2D eigenvalue weighted by atomic mass is 10.2. The maximum atomic E-state index is 9.81. The van der Waals surface area contributed by atoms with Gasteiger partial charge in [-0.2, -0.15) is 4.37 Å². The number of benzene rings is 1. The van der Waals surface area contributed by atoms with E-state index in [1.165, 1.54) is 6.20 Å². The van der Waals surface area contributed by atoms with Crippen molar-refractivity contribution in [3.63, 3.8) is 0 Å². The van der Waals surface area contributed by atoms with E-state index >= 15 is 0 Å². The van der Waals surface area contributed by atoms with Gasteiger partial charge in [0.25, 0.3) is 0 Å². The first-order valence-electron chi connectivity index (χ1n) is 6.03. The minimum Gasteiger partial charge on any atom is -0.473 e. The summed E-state index contributed by atoms with van der Waals surface area (Å²) in [6, 6.07) is 5.53. The molecule has 1 unspecified atom stereocenters. The van der Waals surface area contributed by atoms with E-state index in [0.29, 0.717) is 18.2 Å². The molecule has 0 aliphatic carbocycles. The summed E-state index contributed by atoms with van der Waals surface area (Å²) < 4.78 is 23.5. The van der Waals surface area contributed by atoms with Gasteiger partial charge in [0.2, 0.25) is 12.7 Å². The molecule has 7 nitrogen and oxygen atoms in total. The monoisotopic (exact) mass is 295 g/mol. The molecule has 2 heterocycles. The molecule has 1 aliphatic rings. The number of rotatable bonds is 6. The number of hydrogen-bond donors (Lipinski definition) is 2. The maximum absolute atomic E-state index is 9.81. The second-order valence-electron chi connectivity index (χ2n) is 4.16. The minimum absolute atomic E-state index is 0.156. The number of ether oxygens (including phenoxy) is 3. The van der Waals surface area contributed by atoms with Crippen molar-refractivity contribution in [2.45, 2.75) is 6.10 Å². The second kappa shape index (κ2) is 5.93. The number of aromatic nitrogens is 2. The Morgan fingerprint density at radius 1 is 1.40 bits per heavy atom. The SMILES string of the molecule is OC(CNc1ccc2c(c1)OCO2)COc1cnsn1. The fourth-order valence-corrected chi connectivity index (χ4v) is 2.07. The molecule has 0 bridgehead atoms. The first-order chi connectivity index (χ1) is 9.81. The van der Waals surface area contributed by atoms with Gasteiger partial charge in [0, 0.05) is 18.3 Å². The Morgan fingerprint density at radius 3 is 3.15 bits per heavy atom. The topological polar surface area (TPSA) is 85.7 Å². The Kier molecular flexibility index (Phi) is 3.84. The fraction of sp³-hybridized carbons (Fsp3) is 0.333. The van der Waals surface area contributed by atoms with Gasteiger partial charge in [-0.3, -0.25) is 0 Å². The third kappa shape index (κ3) is 3.09. The molecular formula is C12H13N3O4S. The van der Waals surface area contributed by atoms with E-state index in [-0.39, 0.29) is 13.4 Å². The summed E-state index contributed by atoms with van der Waals surface area (Å²) in [7, 11) is 0. The van der Waals surface area contributed by atoms with Crippen molar-refractivity contribution in [3.8, 4) is 17.4 Å². The largest absolute Gasteiger partial charge is 0.473 e. The molecule has 1 aromatic heterocycles. The highest BCUT2D eigenvalue weighted by molar-refractivity contribution is 6.99. The van der Waals surface area contributed by atoms with Gasteiger partial charge in [0.1, 0.15) is 18.9 Å². The predicted molar refractivity (Wildman–Crippen MR) is 72.5 cm³/mol. The molecule has 20 heavy (non-hydrogen) atoms. The van der Waals surface area contributed by atoms with Crippen LogP contribution in [0.3, 0.4) is 0 Å². The first-order valence-corrected chi connectivity index (χ1v) is 6.76. The van der Waals surface area contributed by atoms with Crippen LogP contribution in [0.15, 0.2) is 24.4 Å². The van der Waals surface area contributed by atoms with Crippen LogP contribution in [0.2, 0.25) is 0 Å². The van der Waals surface area contributed by atoms with Gasteiger partial charge in [-0.05, 0) is 12.1 Å². The van der Waals surface area contributed by atoms with Gasteiger partial charge in [-0.25, -0.2) is 0 Å². The van der Waals surface area contributed by atoms with E-state index in [4.69, 9.17) is 14.2 Å². The third-order valence-electron chi connectivity index (χ3n) is 2.68. The summed E-state index contributed by atoms with van der Waals surface area (Å²) in [5, 5.41) is 12.9. The molecule has 8 heteroatoms. The number of aliphatic hydroxyl groups excluding tert-OH is 1. The van der Waals surface area contributed by atoms with E-state index in [1.54, 1.807) is 0 Å². The fourth-order valence-electron chi connectivity index (χ4n) is 1.70. The van der Waals surface area contributed by atoms with Crippen LogP contribution in [0.5, 0.6) is 17.4 Å². The van der Waals surface area contributed by atoms with E-state index in [1.807, 2.05) is 18.2 Å². The lowest BCUT2D eigenvalue weighted by molar-refractivity contribution is 0.115. The Labute approximate surface area is 119 Å². The number of aliphatic hydroxyl groups is 1. The van der Waals surface area contributed by atoms with Gasteiger partial charge in [0.15, 0.2) is 11.5 Å². The quantitative estimate of drug-likeness (QED) is 0.826. The third-order valence-corrected chi connectivity index (χ3v) is 3.14. The van der Waals surface area contributed by atoms with Crippen molar-refractivity contribution in [2.24, 2.45) is 0 Å². The molecule has 2 N–H and O–H groups in total. The van der Waals surface area contributed by atoms with Crippen LogP contribution >= 0.6 is 11.7 Å². The Hall–Kier alpha value is -2.06. The van der Waals surface area contributed by atoms with E-state index in [9.17, 15) is 5.11 Å². The van der Waals surface area contributed by atoms with Crippen LogP contribution < -0.4 is 19.5 Å². The number of anilines is 1. The summed E-state index contributed by atoms with van der Waals surface area (Å²) >= 11 is 1.06. The van der Waals surface area contributed by atoms with Crippen LogP contribution in [0, 0.1) is 0 Å². The second-order valence-corrected chi connectivity index (χ2v) is 4.72. The Morgan fingerprint density at radius 2 is 2.30 bits per heavy atom. The standard InChI is InChI=1S/C12H13N3O4S/c16-9(6-17-12-5-14-20-15-12)4-13-8-1-2-10-11(3-8)19-7-18-10/h1-3,5,9,13,16H,4,6-7H2. The molecular weight excluding hydrogens is 282 g/mol. The number of fused-ring (bicyclic) bond motifs is 1.